The van der Waals surface area contributed by atoms with Gasteiger partial charge in [-0.25, -0.2) is 4.79 Å². The van der Waals surface area contributed by atoms with E-state index in [1.807, 2.05) is 13.8 Å². The Balaban J connectivity index is 1.74. The number of ether oxygens (including phenoxy) is 1. The SMILES string of the molecule is CCOC(=O)N1CCC(NC(=O)C(C)N2CCCCCC2)CC1. The standard InChI is InChI=1S/C17H31N3O3/c1-3-23-17(22)20-12-8-15(9-13-20)18-16(21)14(2)19-10-6-4-5-7-11-19/h14-15H,3-13H2,1-2H3,(H,18,21). The number of hydrogen-bond acceptors (Lipinski definition) is 4. The Kier molecular flexibility index (Phi) is 7.15. The van der Waals surface area contributed by atoms with Crippen LogP contribution in [0.15, 0.2) is 0 Å². The number of nitrogens with zero attached hydrogens (tertiary/aromatic N) is 2. The Morgan fingerprint density at radius 2 is 1.70 bits per heavy atom. The maximum atomic E-state index is 12.5. The van der Waals surface area contributed by atoms with Crippen molar-refractivity contribution in [1.82, 2.24) is 15.1 Å². The first-order valence-corrected chi connectivity index (χ1v) is 9.08. The largest absolute Gasteiger partial charge is 0.450 e. The average Bonchev–Trinajstić information content (AvgIpc) is 2.84. The number of amides is 2. The minimum absolute atomic E-state index is 0.0591. The summed E-state index contributed by atoms with van der Waals surface area (Å²) in [6.07, 6.45) is 6.30. The molecular weight excluding hydrogens is 294 g/mol. The lowest BCUT2D eigenvalue weighted by Gasteiger charge is -2.33. The molecule has 0 bridgehead atoms. The van der Waals surface area contributed by atoms with Crippen molar-refractivity contribution >= 4 is 12.0 Å². The minimum atomic E-state index is -0.241. The number of rotatable bonds is 4. The van der Waals surface area contributed by atoms with Crippen molar-refractivity contribution in [2.75, 3.05) is 32.8 Å². The molecule has 2 fully saturated rings. The van der Waals surface area contributed by atoms with Gasteiger partial charge in [0.1, 0.15) is 0 Å². The first-order valence-electron chi connectivity index (χ1n) is 9.08. The van der Waals surface area contributed by atoms with Crippen LogP contribution in [0.5, 0.6) is 0 Å². The van der Waals surface area contributed by atoms with Crippen molar-refractivity contribution in [1.29, 1.82) is 0 Å². The molecule has 132 valence electrons. The van der Waals surface area contributed by atoms with Crippen LogP contribution in [0, 0.1) is 0 Å². The monoisotopic (exact) mass is 325 g/mol. The van der Waals surface area contributed by atoms with Crippen LogP contribution in [0.1, 0.15) is 52.4 Å². The Morgan fingerprint density at radius 1 is 1.09 bits per heavy atom. The summed E-state index contributed by atoms with van der Waals surface area (Å²) in [5.74, 6) is 0.126. The second-order valence-electron chi connectivity index (χ2n) is 6.59. The highest BCUT2D eigenvalue weighted by Crippen LogP contribution is 2.15. The first kappa shape index (κ1) is 18.0. The molecule has 2 saturated heterocycles. The average molecular weight is 325 g/mol. The molecule has 0 aromatic rings. The van der Waals surface area contributed by atoms with Crippen molar-refractivity contribution in [2.45, 2.75) is 64.5 Å². The van der Waals surface area contributed by atoms with Gasteiger partial charge in [-0.05, 0) is 52.6 Å². The number of piperidine rings is 1. The van der Waals surface area contributed by atoms with Crippen LogP contribution in [0.3, 0.4) is 0 Å². The lowest BCUT2D eigenvalue weighted by molar-refractivity contribution is -0.126. The highest BCUT2D eigenvalue weighted by atomic mass is 16.6. The van der Waals surface area contributed by atoms with Crippen molar-refractivity contribution < 1.29 is 14.3 Å². The molecular formula is C17H31N3O3. The molecule has 6 heteroatoms. The van der Waals surface area contributed by atoms with Crippen molar-refractivity contribution in [2.24, 2.45) is 0 Å². The Labute approximate surface area is 139 Å². The van der Waals surface area contributed by atoms with Gasteiger partial charge in [0.05, 0.1) is 12.6 Å². The minimum Gasteiger partial charge on any atom is -0.450 e. The summed E-state index contributed by atoms with van der Waals surface area (Å²) in [7, 11) is 0. The van der Waals surface area contributed by atoms with Crippen LogP contribution in [0.4, 0.5) is 4.79 Å². The number of likely N-dealkylation sites (tertiary alicyclic amines) is 2. The Morgan fingerprint density at radius 3 is 2.26 bits per heavy atom. The maximum absolute atomic E-state index is 12.5. The highest BCUT2D eigenvalue weighted by molar-refractivity contribution is 5.81. The third kappa shape index (κ3) is 5.37. The lowest BCUT2D eigenvalue weighted by Crippen LogP contribution is -2.52. The predicted molar refractivity (Wildman–Crippen MR) is 89.3 cm³/mol. The van der Waals surface area contributed by atoms with Crippen molar-refractivity contribution in [3.63, 3.8) is 0 Å². The Bertz CT molecular complexity index is 387. The second kappa shape index (κ2) is 9.11. The molecule has 0 radical (unpaired) electrons. The molecule has 0 aliphatic carbocycles. The van der Waals surface area contributed by atoms with E-state index in [0.717, 1.165) is 25.9 Å². The van der Waals surface area contributed by atoms with Gasteiger partial charge in [0.2, 0.25) is 5.91 Å². The van der Waals surface area contributed by atoms with E-state index in [2.05, 4.69) is 10.2 Å². The van der Waals surface area contributed by atoms with E-state index in [1.165, 1.54) is 25.7 Å². The van der Waals surface area contributed by atoms with E-state index in [4.69, 9.17) is 4.74 Å². The Hall–Kier alpha value is -1.30. The van der Waals surface area contributed by atoms with Gasteiger partial charge < -0.3 is 15.0 Å². The molecule has 1 atom stereocenters. The van der Waals surface area contributed by atoms with Gasteiger partial charge in [0.25, 0.3) is 0 Å². The van der Waals surface area contributed by atoms with Gasteiger partial charge in [-0.15, -0.1) is 0 Å². The summed E-state index contributed by atoms with van der Waals surface area (Å²) in [5.41, 5.74) is 0. The van der Waals surface area contributed by atoms with Gasteiger partial charge >= 0.3 is 6.09 Å². The molecule has 0 aromatic carbocycles. The molecule has 2 heterocycles. The summed E-state index contributed by atoms with van der Waals surface area (Å²) in [6, 6.07) is 0.110. The molecule has 2 amide bonds. The highest BCUT2D eigenvalue weighted by Gasteiger charge is 2.27. The third-order valence-corrected chi connectivity index (χ3v) is 4.94. The van der Waals surface area contributed by atoms with Crippen LogP contribution >= 0.6 is 0 Å². The summed E-state index contributed by atoms with van der Waals surface area (Å²) in [4.78, 5) is 28.2. The van der Waals surface area contributed by atoms with E-state index < -0.39 is 0 Å². The molecule has 23 heavy (non-hydrogen) atoms. The van der Waals surface area contributed by atoms with Crippen molar-refractivity contribution in [3.8, 4) is 0 Å². The van der Waals surface area contributed by atoms with Crippen LogP contribution < -0.4 is 5.32 Å². The molecule has 1 N–H and O–H groups in total. The zero-order valence-electron chi connectivity index (χ0n) is 14.6. The van der Waals surface area contributed by atoms with Crippen LogP contribution in [0.2, 0.25) is 0 Å². The number of nitrogens with one attached hydrogen (secondary N) is 1. The second-order valence-corrected chi connectivity index (χ2v) is 6.59. The van der Waals surface area contributed by atoms with Gasteiger partial charge in [-0.1, -0.05) is 12.8 Å². The van der Waals surface area contributed by atoms with Crippen LogP contribution in [-0.4, -0.2) is 66.7 Å². The summed E-state index contributed by atoms with van der Waals surface area (Å²) >= 11 is 0. The van der Waals surface area contributed by atoms with Crippen LogP contribution in [-0.2, 0) is 9.53 Å². The molecule has 0 aromatic heterocycles. The normalized spacial score (nSPS) is 22.3. The van der Waals surface area contributed by atoms with Crippen molar-refractivity contribution in [3.05, 3.63) is 0 Å². The number of carbonyl (C=O) groups excluding carboxylic acids is 2. The van der Waals surface area contributed by atoms with E-state index in [-0.39, 0.29) is 24.1 Å². The van der Waals surface area contributed by atoms with E-state index >= 15 is 0 Å². The third-order valence-electron chi connectivity index (χ3n) is 4.94. The molecule has 0 saturated carbocycles. The fourth-order valence-corrected chi connectivity index (χ4v) is 3.39. The van der Waals surface area contributed by atoms with E-state index in [1.54, 1.807) is 4.90 Å². The molecule has 0 spiro atoms. The fourth-order valence-electron chi connectivity index (χ4n) is 3.39. The fraction of sp³-hybridized carbons (Fsp3) is 0.882. The zero-order chi connectivity index (χ0) is 16.7. The zero-order valence-corrected chi connectivity index (χ0v) is 14.6. The lowest BCUT2D eigenvalue weighted by atomic mass is 10.0. The molecule has 1 unspecified atom stereocenters. The quantitative estimate of drug-likeness (QED) is 0.859. The number of carbonyl (C=O) groups is 2. The van der Waals surface area contributed by atoms with Gasteiger partial charge in [0.15, 0.2) is 0 Å². The van der Waals surface area contributed by atoms with Gasteiger partial charge in [-0.2, -0.15) is 0 Å². The molecule has 2 aliphatic rings. The maximum Gasteiger partial charge on any atom is 0.409 e. The summed E-state index contributed by atoms with van der Waals surface area (Å²) in [5, 5.41) is 3.17. The van der Waals surface area contributed by atoms with Gasteiger partial charge in [0, 0.05) is 19.1 Å². The summed E-state index contributed by atoms with van der Waals surface area (Å²) in [6.45, 7) is 7.59. The van der Waals surface area contributed by atoms with Gasteiger partial charge in [-0.3, -0.25) is 9.69 Å². The topological polar surface area (TPSA) is 61.9 Å². The van der Waals surface area contributed by atoms with E-state index in [0.29, 0.717) is 19.7 Å². The van der Waals surface area contributed by atoms with E-state index in [9.17, 15) is 9.59 Å². The number of hydrogen-bond donors (Lipinski definition) is 1. The smallest absolute Gasteiger partial charge is 0.409 e. The summed E-state index contributed by atoms with van der Waals surface area (Å²) < 4.78 is 5.02. The van der Waals surface area contributed by atoms with Crippen LogP contribution in [0.25, 0.3) is 0 Å². The first-order chi connectivity index (χ1) is 11.1. The predicted octanol–water partition coefficient (Wildman–Crippen LogP) is 1.99. The molecule has 6 nitrogen and oxygen atoms in total. The molecule has 2 aliphatic heterocycles. The molecule has 2 rings (SSSR count).